The summed E-state index contributed by atoms with van der Waals surface area (Å²) in [6.45, 7) is 7.66. The molecule has 4 heterocycles. The third kappa shape index (κ3) is 4.02. The summed E-state index contributed by atoms with van der Waals surface area (Å²) in [4.78, 5) is 33.7. The summed E-state index contributed by atoms with van der Waals surface area (Å²) < 4.78 is 5.84. The Kier molecular flexibility index (Phi) is 5.67. The van der Waals surface area contributed by atoms with E-state index in [1.807, 2.05) is 45.0 Å². The molecular formula is C24H27N5O3S. The summed E-state index contributed by atoms with van der Waals surface area (Å²) in [6, 6.07) is 7.29. The van der Waals surface area contributed by atoms with Gasteiger partial charge >= 0.3 is 6.03 Å². The number of nitrogens with zero attached hydrogens (tertiary/aromatic N) is 2. The van der Waals surface area contributed by atoms with Crippen molar-refractivity contribution in [1.82, 2.24) is 15.6 Å². The number of pyridine rings is 1. The summed E-state index contributed by atoms with van der Waals surface area (Å²) in [5.41, 5.74) is 2.92. The van der Waals surface area contributed by atoms with E-state index in [4.69, 9.17) is 4.74 Å². The molecule has 2 aliphatic heterocycles. The van der Waals surface area contributed by atoms with Crippen LogP contribution in [-0.2, 0) is 0 Å². The first-order valence-electron chi connectivity index (χ1n) is 11.2. The molecule has 1 aromatic carbocycles. The number of ether oxygens (including phenoxy) is 1. The van der Waals surface area contributed by atoms with Crippen LogP contribution >= 0.6 is 11.3 Å². The zero-order valence-electron chi connectivity index (χ0n) is 18.9. The van der Waals surface area contributed by atoms with Gasteiger partial charge in [-0.2, -0.15) is 0 Å². The summed E-state index contributed by atoms with van der Waals surface area (Å²) >= 11 is 1.31. The highest BCUT2D eigenvalue weighted by atomic mass is 32.1. The van der Waals surface area contributed by atoms with Gasteiger partial charge in [0.2, 0.25) is 0 Å². The molecule has 172 valence electrons. The van der Waals surface area contributed by atoms with E-state index in [-0.39, 0.29) is 24.1 Å². The van der Waals surface area contributed by atoms with E-state index in [1.54, 1.807) is 11.1 Å². The largest absolute Gasteiger partial charge is 0.491 e. The number of aromatic nitrogens is 1. The number of thiophene rings is 1. The van der Waals surface area contributed by atoms with Crippen LogP contribution in [0.5, 0.6) is 5.75 Å². The Hall–Kier alpha value is -3.17. The number of nitrogens with one attached hydrogen (secondary N) is 3. The van der Waals surface area contributed by atoms with E-state index in [2.05, 4.69) is 20.9 Å². The summed E-state index contributed by atoms with van der Waals surface area (Å²) in [6.07, 6.45) is 3.72. The molecular weight excluding hydrogens is 438 g/mol. The van der Waals surface area contributed by atoms with E-state index in [1.165, 1.54) is 11.3 Å². The zero-order chi connectivity index (χ0) is 23.1. The van der Waals surface area contributed by atoms with Crippen molar-refractivity contribution >= 4 is 50.6 Å². The molecule has 33 heavy (non-hydrogen) atoms. The van der Waals surface area contributed by atoms with Gasteiger partial charge in [-0.1, -0.05) is 0 Å². The van der Waals surface area contributed by atoms with E-state index < -0.39 is 0 Å². The fourth-order valence-corrected chi connectivity index (χ4v) is 5.41. The average molecular weight is 466 g/mol. The second-order valence-electron chi connectivity index (χ2n) is 8.72. The normalized spacial score (nSPS) is 17.9. The molecule has 3 amide bonds. The third-order valence-electron chi connectivity index (χ3n) is 5.86. The van der Waals surface area contributed by atoms with Gasteiger partial charge in [-0.15, -0.1) is 11.3 Å². The molecule has 0 unspecified atom stereocenters. The van der Waals surface area contributed by atoms with Crippen LogP contribution in [0, 0.1) is 6.92 Å². The number of piperidine rings is 1. The molecule has 5 rings (SSSR count). The molecule has 0 radical (unpaired) electrons. The van der Waals surface area contributed by atoms with Crippen molar-refractivity contribution < 1.29 is 14.3 Å². The first-order valence-corrected chi connectivity index (χ1v) is 12.1. The quantitative estimate of drug-likeness (QED) is 0.514. The molecule has 2 aliphatic rings. The molecule has 1 atom stereocenters. The maximum absolute atomic E-state index is 13.3. The van der Waals surface area contributed by atoms with Crippen molar-refractivity contribution in [1.29, 1.82) is 0 Å². The molecule has 1 fully saturated rings. The van der Waals surface area contributed by atoms with Crippen LogP contribution in [0.25, 0.3) is 10.2 Å². The maximum atomic E-state index is 13.3. The van der Waals surface area contributed by atoms with Crippen molar-refractivity contribution in [3.63, 3.8) is 0 Å². The number of carbonyl (C=O) groups excluding carboxylic acids is 2. The van der Waals surface area contributed by atoms with Gasteiger partial charge in [0.25, 0.3) is 5.91 Å². The number of hydrogen-bond donors (Lipinski definition) is 3. The fraction of sp³-hybridized carbons (Fsp3) is 0.375. The van der Waals surface area contributed by atoms with Crippen LogP contribution in [-0.4, -0.2) is 42.2 Å². The predicted molar refractivity (Wildman–Crippen MR) is 131 cm³/mol. The highest BCUT2D eigenvalue weighted by molar-refractivity contribution is 7.21. The molecule has 0 bridgehead atoms. The van der Waals surface area contributed by atoms with Crippen molar-refractivity contribution in [2.75, 3.05) is 23.3 Å². The Labute approximate surface area is 196 Å². The number of anilines is 3. The monoisotopic (exact) mass is 465 g/mol. The lowest BCUT2D eigenvalue weighted by atomic mass is 10.1. The first kappa shape index (κ1) is 21.7. The number of amides is 3. The van der Waals surface area contributed by atoms with Crippen LogP contribution < -0.4 is 25.6 Å². The van der Waals surface area contributed by atoms with Crippen molar-refractivity contribution in [2.45, 2.75) is 45.8 Å². The number of benzene rings is 1. The van der Waals surface area contributed by atoms with Crippen molar-refractivity contribution in [2.24, 2.45) is 0 Å². The van der Waals surface area contributed by atoms with Gasteiger partial charge in [-0.05, 0) is 70.0 Å². The standard InChI is InChI=1S/C24H27N5O3S/c1-13(2)32-18-7-6-16(11-14(18)3)29-17-8-10-26-23-19(17)20(28-24(29)31)21(33-23)22(30)27-15-5-4-9-25-12-15/h6-8,10-11,13,15,25H,4-5,9,12H2,1-3H3,(H,27,30)(H,28,31)/t15-/m1/s1. The van der Waals surface area contributed by atoms with Gasteiger partial charge in [0.1, 0.15) is 15.5 Å². The Bertz CT molecular complexity index is 1230. The number of urea groups is 1. The Balaban J connectivity index is 1.52. The lowest BCUT2D eigenvalue weighted by molar-refractivity contribution is 0.0935. The summed E-state index contributed by atoms with van der Waals surface area (Å²) in [5, 5.41) is 10.2. The highest BCUT2D eigenvalue weighted by Crippen LogP contribution is 2.46. The van der Waals surface area contributed by atoms with E-state index >= 15 is 0 Å². The molecule has 1 saturated heterocycles. The van der Waals surface area contributed by atoms with E-state index in [9.17, 15) is 9.59 Å². The molecule has 0 aliphatic carbocycles. The van der Waals surface area contributed by atoms with Gasteiger partial charge < -0.3 is 20.7 Å². The minimum Gasteiger partial charge on any atom is -0.491 e. The van der Waals surface area contributed by atoms with Crippen LogP contribution in [0.15, 0.2) is 30.5 Å². The Morgan fingerprint density at radius 1 is 1.33 bits per heavy atom. The summed E-state index contributed by atoms with van der Waals surface area (Å²) in [7, 11) is 0. The first-order chi connectivity index (χ1) is 15.9. The predicted octanol–water partition coefficient (Wildman–Crippen LogP) is 4.56. The van der Waals surface area contributed by atoms with Gasteiger partial charge in [0, 0.05) is 18.8 Å². The topological polar surface area (TPSA) is 95.6 Å². The Morgan fingerprint density at radius 2 is 2.18 bits per heavy atom. The highest BCUT2D eigenvalue weighted by Gasteiger charge is 2.33. The Morgan fingerprint density at radius 3 is 2.91 bits per heavy atom. The smallest absolute Gasteiger partial charge is 0.331 e. The van der Waals surface area contributed by atoms with Crippen LogP contribution in [0.2, 0.25) is 0 Å². The summed E-state index contributed by atoms with van der Waals surface area (Å²) in [5.74, 6) is 0.617. The molecule has 9 heteroatoms. The van der Waals surface area contributed by atoms with Gasteiger partial charge in [-0.25, -0.2) is 9.78 Å². The number of aryl methyl sites for hydroxylation is 1. The lowest BCUT2D eigenvalue weighted by Crippen LogP contribution is -2.45. The van der Waals surface area contributed by atoms with Crippen molar-refractivity contribution in [3.8, 4) is 5.75 Å². The van der Waals surface area contributed by atoms with Crippen LogP contribution in [0.3, 0.4) is 0 Å². The second-order valence-corrected chi connectivity index (χ2v) is 9.71. The third-order valence-corrected chi connectivity index (χ3v) is 6.96. The zero-order valence-corrected chi connectivity index (χ0v) is 19.7. The number of carbonyl (C=O) groups is 2. The molecule has 2 aromatic heterocycles. The van der Waals surface area contributed by atoms with Crippen LogP contribution in [0.4, 0.5) is 21.9 Å². The molecule has 0 saturated carbocycles. The molecule has 3 aromatic rings. The number of hydrogen-bond acceptors (Lipinski definition) is 6. The fourth-order valence-electron chi connectivity index (χ4n) is 4.39. The van der Waals surface area contributed by atoms with Crippen molar-refractivity contribution in [3.05, 3.63) is 40.9 Å². The SMILES string of the molecule is Cc1cc(N2C(=O)Nc3c(C(=O)N[C@@H]4CCCNC4)sc4nccc2c34)ccc1OC(C)C. The average Bonchev–Trinajstić information content (AvgIpc) is 3.16. The van der Waals surface area contributed by atoms with E-state index in [0.29, 0.717) is 16.3 Å². The number of rotatable bonds is 5. The molecule has 0 spiro atoms. The van der Waals surface area contributed by atoms with Gasteiger partial charge in [0.15, 0.2) is 0 Å². The lowest BCUT2D eigenvalue weighted by Gasteiger charge is -2.29. The maximum Gasteiger partial charge on any atom is 0.331 e. The minimum absolute atomic E-state index is 0.0648. The van der Waals surface area contributed by atoms with Gasteiger partial charge in [-0.3, -0.25) is 9.69 Å². The minimum atomic E-state index is -0.307. The second kappa shape index (κ2) is 8.64. The molecule has 3 N–H and O–H groups in total. The molecule has 8 nitrogen and oxygen atoms in total. The van der Waals surface area contributed by atoms with Crippen LogP contribution in [0.1, 0.15) is 41.9 Å². The van der Waals surface area contributed by atoms with E-state index in [0.717, 1.165) is 53.1 Å². The van der Waals surface area contributed by atoms with Gasteiger partial charge in [0.05, 0.1) is 28.6 Å².